The van der Waals surface area contributed by atoms with Crippen LogP contribution in [0.5, 0.6) is 0 Å². The third-order valence-corrected chi connectivity index (χ3v) is 3.17. The van der Waals surface area contributed by atoms with Gasteiger partial charge in [0.1, 0.15) is 0 Å². The highest BCUT2D eigenvalue weighted by Crippen LogP contribution is 2.07. The normalized spacial score (nSPS) is 18.1. The van der Waals surface area contributed by atoms with Crippen LogP contribution < -0.4 is 5.73 Å². The van der Waals surface area contributed by atoms with Crippen LogP contribution in [0.3, 0.4) is 0 Å². The van der Waals surface area contributed by atoms with Gasteiger partial charge in [0.15, 0.2) is 0 Å². The first-order valence-corrected chi connectivity index (χ1v) is 6.37. The van der Waals surface area contributed by atoms with Crippen molar-refractivity contribution in [3.8, 4) is 0 Å². The SMILES string of the molecule is CC(CN)C(=O)N1CCN(C(=O)CN(C)C)CC1. The number of hydrogen-bond acceptors (Lipinski definition) is 4. The van der Waals surface area contributed by atoms with Crippen molar-refractivity contribution in [3.05, 3.63) is 0 Å². The smallest absolute Gasteiger partial charge is 0.236 e. The molecule has 0 radical (unpaired) electrons. The van der Waals surface area contributed by atoms with Crippen molar-refractivity contribution in [2.45, 2.75) is 6.92 Å². The number of rotatable bonds is 4. The fourth-order valence-corrected chi connectivity index (χ4v) is 1.96. The Kier molecular flexibility index (Phi) is 5.55. The fourth-order valence-electron chi connectivity index (χ4n) is 1.96. The molecule has 1 aliphatic rings. The Hall–Kier alpha value is -1.14. The van der Waals surface area contributed by atoms with E-state index in [1.165, 1.54) is 0 Å². The predicted octanol–water partition coefficient (Wildman–Crippen LogP) is -1.19. The van der Waals surface area contributed by atoms with Crippen molar-refractivity contribution in [1.29, 1.82) is 0 Å². The molecule has 1 rings (SSSR count). The lowest BCUT2D eigenvalue weighted by Crippen LogP contribution is -2.53. The van der Waals surface area contributed by atoms with Crippen molar-refractivity contribution in [2.24, 2.45) is 11.7 Å². The van der Waals surface area contributed by atoms with E-state index in [4.69, 9.17) is 5.73 Å². The number of piperazine rings is 1. The summed E-state index contributed by atoms with van der Waals surface area (Å²) in [6.07, 6.45) is 0. The molecule has 6 nitrogen and oxygen atoms in total. The molecular weight excluding hydrogens is 232 g/mol. The van der Waals surface area contributed by atoms with E-state index >= 15 is 0 Å². The molecule has 1 saturated heterocycles. The van der Waals surface area contributed by atoms with Gasteiger partial charge in [-0.2, -0.15) is 0 Å². The zero-order valence-corrected chi connectivity index (χ0v) is 11.6. The molecule has 18 heavy (non-hydrogen) atoms. The highest BCUT2D eigenvalue weighted by atomic mass is 16.2. The van der Waals surface area contributed by atoms with E-state index in [2.05, 4.69) is 0 Å². The Morgan fingerprint density at radius 3 is 2.11 bits per heavy atom. The van der Waals surface area contributed by atoms with E-state index in [1.807, 2.05) is 30.8 Å². The van der Waals surface area contributed by atoms with Crippen LogP contribution in [-0.2, 0) is 9.59 Å². The number of nitrogens with two attached hydrogens (primary N) is 1. The largest absolute Gasteiger partial charge is 0.339 e. The Balaban J connectivity index is 2.41. The summed E-state index contributed by atoms with van der Waals surface area (Å²) in [4.78, 5) is 29.2. The van der Waals surface area contributed by atoms with Crippen LogP contribution in [0.2, 0.25) is 0 Å². The maximum absolute atomic E-state index is 11.9. The van der Waals surface area contributed by atoms with Gasteiger partial charge in [0, 0.05) is 38.6 Å². The average molecular weight is 256 g/mol. The van der Waals surface area contributed by atoms with Gasteiger partial charge in [0.05, 0.1) is 6.54 Å². The highest BCUT2D eigenvalue weighted by Gasteiger charge is 2.26. The molecule has 2 amide bonds. The van der Waals surface area contributed by atoms with Crippen molar-refractivity contribution in [3.63, 3.8) is 0 Å². The molecule has 2 N–H and O–H groups in total. The fraction of sp³-hybridized carbons (Fsp3) is 0.833. The molecule has 1 unspecified atom stereocenters. The van der Waals surface area contributed by atoms with Gasteiger partial charge in [0.25, 0.3) is 0 Å². The molecule has 1 fully saturated rings. The molecule has 0 bridgehead atoms. The Morgan fingerprint density at radius 2 is 1.67 bits per heavy atom. The number of nitrogens with zero attached hydrogens (tertiary/aromatic N) is 3. The summed E-state index contributed by atoms with van der Waals surface area (Å²) in [5, 5.41) is 0. The van der Waals surface area contributed by atoms with Gasteiger partial charge >= 0.3 is 0 Å². The number of likely N-dealkylation sites (N-methyl/N-ethyl adjacent to an activating group) is 1. The molecule has 104 valence electrons. The van der Waals surface area contributed by atoms with Gasteiger partial charge in [-0.1, -0.05) is 6.92 Å². The third kappa shape index (κ3) is 3.96. The van der Waals surface area contributed by atoms with Crippen molar-refractivity contribution >= 4 is 11.8 Å². The first-order valence-electron chi connectivity index (χ1n) is 6.37. The summed E-state index contributed by atoms with van der Waals surface area (Å²) in [5.74, 6) is 0.0882. The second-order valence-corrected chi connectivity index (χ2v) is 5.08. The lowest BCUT2D eigenvalue weighted by molar-refractivity contribution is -0.141. The number of carbonyl (C=O) groups is 2. The Bertz CT molecular complexity index is 298. The second kappa shape index (κ2) is 6.70. The van der Waals surface area contributed by atoms with Gasteiger partial charge in [-0.3, -0.25) is 9.59 Å². The van der Waals surface area contributed by atoms with E-state index in [-0.39, 0.29) is 17.7 Å². The lowest BCUT2D eigenvalue weighted by atomic mass is 10.1. The van der Waals surface area contributed by atoms with E-state index in [0.717, 1.165) is 0 Å². The number of carbonyl (C=O) groups excluding carboxylic acids is 2. The Labute approximate surface area is 109 Å². The molecule has 1 heterocycles. The van der Waals surface area contributed by atoms with Gasteiger partial charge in [-0.15, -0.1) is 0 Å². The molecule has 0 aliphatic carbocycles. The molecule has 0 aromatic heterocycles. The summed E-state index contributed by atoms with van der Waals surface area (Å²) in [7, 11) is 3.75. The standard InChI is InChI=1S/C12H24N4O2/c1-10(8-13)12(18)16-6-4-15(5-7-16)11(17)9-14(2)3/h10H,4-9,13H2,1-3H3. The van der Waals surface area contributed by atoms with Gasteiger partial charge < -0.3 is 20.4 Å². The van der Waals surface area contributed by atoms with Crippen LogP contribution in [0.15, 0.2) is 0 Å². The first kappa shape index (κ1) is 14.9. The summed E-state index contributed by atoms with van der Waals surface area (Å²) >= 11 is 0. The average Bonchev–Trinajstić information content (AvgIpc) is 2.36. The van der Waals surface area contributed by atoms with Gasteiger partial charge in [-0.05, 0) is 14.1 Å². The van der Waals surface area contributed by atoms with Crippen LogP contribution in [0, 0.1) is 5.92 Å². The number of hydrogen-bond donors (Lipinski definition) is 1. The van der Waals surface area contributed by atoms with Crippen molar-refractivity contribution in [2.75, 3.05) is 53.4 Å². The summed E-state index contributed by atoms with van der Waals surface area (Å²) < 4.78 is 0. The lowest BCUT2D eigenvalue weighted by Gasteiger charge is -2.36. The highest BCUT2D eigenvalue weighted by molar-refractivity contribution is 5.80. The third-order valence-electron chi connectivity index (χ3n) is 3.17. The van der Waals surface area contributed by atoms with Crippen LogP contribution in [0.25, 0.3) is 0 Å². The van der Waals surface area contributed by atoms with Gasteiger partial charge in [0.2, 0.25) is 11.8 Å². The molecular formula is C12H24N4O2. The zero-order chi connectivity index (χ0) is 13.7. The summed E-state index contributed by atoms with van der Waals surface area (Å²) in [6.45, 7) is 5.10. The maximum atomic E-state index is 11.9. The van der Waals surface area contributed by atoms with Crippen LogP contribution in [-0.4, -0.2) is 79.9 Å². The molecule has 6 heteroatoms. The van der Waals surface area contributed by atoms with E-state index in [1.54, 1.807) is 4.90 Å². The summed E-state index contributed by atoms with van der Waals surface area (Å²) in [6, 6.07) is 0. The molecule has 1 aliphatic heterocycles. The molecule has 1 atom stereocenters. The topological polar surface area (TPSA) is 69.9 Å². The minimum Gasteiger partial charge on any atom is -0.339 e. The van der Waals surface area contributed by atoms with Crippen molar-refractivity contribution < 1.29 is 9.59 Å². The van der Waals surface area contributed by atoms with Crippen LogP contribution in [0.1, 0.15) is 6.92 Å². The Morgan fingerprint density at radius 1 is 1.17 bits per heavy atom. The molecule has 0 saturated carbocycles. The number of amides is 2. The van der Waals surface area contributed by atoms with E-state index < -0.39 is 0 Å². The zero-order valence-electron chi connectivity index (χ0n) is 11.6. The molecule has 0 aromatic rings. The monoisotopic (exact) mass is 256 g/mol. The second-order valence-electron chi connectivity index (χ2n) is 5.08. The van der Waals surface area contributed by atoms with Crippen LogP contribution in [0.4, 0.5) is 0 Å². The van der Waals surface area contributed by atoms with Crippen LogP contribution >= 0.6 is 0 Å². The summed E-state index contributed by atoms with van der Waals surface area (Å²) in [5.41, 5.74) is 5.49. The van der Waals surface area contributed by atoms with Gasteiger partial charge in [-0.25, -0.2) is 0 Å². The molecule has 0 aromatic carbocycles. The minimum atomic E-state index is -0.131. The molecule has 0 spiro atoms. The van der Waals surface area contributed by atoms with Crippen molar-refractivity contribution in [1.82, 2.24) is 14.7 Å². The minimum absolute atomic E-state index is 0.0946. The maximum Gasteiger partial charge on any atom is 0.236 e. The quantitative estimate of drug-likeness (QED) is 0.687. The van der Waals surface area contributed by atoms with E-state index in [9.17, 15) is 9.59 Å². The predicted molar refractivity (Wildman–Crippen MR) is 69.9 cm³/mol. The van der Waals surface area contributed by atoms with E-state index in [0.29, 0.717) is 39.3 Å². The first-order chi connectivity index (χ1) is 8.45.